The van der Waals surface area contributed by atoms with Crippen LogP contribution in [-0.2, 0) is 14.8 Å². The maximum absolute atomic E-state index is 11.2. The predicted octanol–water partition coefficient (Wildman–Crippen LogP) is 3.33. The maximum atomic E-state index is 11.2. The van der Waals surface area contributed by atoms with Crippen molar-refractivity contribution >= 4 is 33.0 Å². The van der Waals surface area contributed by atoms with E-state index in [-0.39, 0.29) is 11.6 Å². The minimum atomic E-state index is -3.33. The zero-order valence-electron chi connectivity index (χ0n) is 13.0. The largest absolute Gasteiger partial charge is 0.382 e. The summed E-state index contributed by atoms with van der Waals surface area (Å²) >= 11 is 6.09. The Morgan fingerprint density at radius 3 is 2.48 bits per heavy atom. The highest BCUT2D eigenvalue weighted by Gasteiger charge is 2.20. The molecule has 0 heterocycles. The van der Waals surface area contributed by atoms with E-state index in [0.717, 1.165) is 18.4 Å². The van der Waals surface area contributed by atoms with Gasteiger partial charge in [0, 0.05) is 18.8 Å². The van der Waals surface area contributed by atoms with Crippen molar-refractivity contribution in [3.8, 4) is 0 Å². The Labute approximate surface area is 132 Å². The van der Waals surface area contributed by atoms with Gasteiger partial charge in [-0.1, -0.05) is 11.6 Å². The Morgan fingerprint density at radius 2 is 2.00 bits per heavy atom. The molecule has 7 heteroatoms. The van der Waals surface area contributed by atoms with Gasteiger partial charge in [-0.2, -0.15) is 0 Å². The van der Waals surface area contributed by atoms with Gasteiger partial charge >= 0.3 is 0 Å². The molecule has 0 aliphatic rings. The van der Waals surface area contributed by atoms with Gasteiger partial charge in [-0.05, 0) is 45.4 Å². The molecule has 0 saturated carbocycles. The third-order valence-corrected chi connectivity index (χ3v) is 3.93. The second kappa shape index (κ2) is 6.85. The van der Waals surface area contributed by atoms with Crippen molar-refractivity contribution in [1.29, 1.82) is 0 Å². The van der Waals surface area contributed by atoms with Crippen LogP contribution in [0.25, 0.3) is 0 Å². The maximum Gasteiger partial charge on any atom is 0.229 e. The third kappa shape index (κ3) is 6.54. The first-order valence-electron chi connectivity index (χ1n) is 6.61. The molecule has 0 amide bonds. The Kier molecular flexibility index (Phi) is 5.90. The Hall–Kier alpha value is -0.980. The van der Waals surface area contributed by atoms with Crippen molar-refractivity contribution in [3.63, 3.8) is 0 Å². The minimum absolute atomic E-state index is 0.185. The number of benzene rings is 1. The summed E-state index contributed by atoms with van der Waals surface area (Å²) in [5.41, 5.74) is 0.988. The summed E-state index contributed by atoms with van der Waals surface area (Å²) in [6.07, 6.45) is 1.91. The molecule has 1 aromatic rings. The summed E-state index contributed by atoms with van der Waals surface area (Å²) in [7, 11) is -1.64. The van der Waals surface area contributed by atoms with E-state index in [2.05, 4.69) is 17.0 Å². The summed E-state index contributed by atoms with van der Waals surface area (Å²) < 4.78 is 30.2. The average molecular weight is 335 g/mol. The zero-order valence-corrected chi connectivity index (χ0v) is 14.6. The van der Waals surface area contributed by atoms with Crippen molar-refractivity contribution in [2.24, 2.45) is 0 Å². The number of methoxy groups -OCH3 is 1. The van der Waals surface area contributed by atoms with E-state index < -0.39 is 10.0 Å². The van der Waals surface area contributed by atoms with Crippen molar-refractivity contribution < 1.29 is 13.2 Å². The van der Waals surface area contributed by atoms with Crippen LogP contribution in [0.4, 0.5) is 11.4 Å². The van der Waals surface area contributed by atoms with E-state index in [4.69, 9.17) is 16.3 Å². The lowest BCUT2D eigenvalue weighted by Gasteiger charge is -2.27. The number of rotatable bonds is 7. The van der Waals surface area contributed by atoms with E-state index in [0.29, 0.717) is 10.7 Å². The predicted molar refractivity (Wildman–Crippen MR) is 88.7 cm³/mol. The lowest BCUT2D eigenvalue weighted by molar-refractivity contribution is 0.0128. The van der Waals surface area contributed by atoms with Gasteiger partial charge in [0.15, 0.2) is 0 Å². The fourth-order valence-corrected chi connectivity index (χ4v) is 2.90. The number of hydrogen-bond donors (Lipinski definition) is 2. The molecule has 0 fully saturated rings. The fourth-order valence-electron chi connectivity index (χ4n) is 2.04. The molecule has 0 saturated heterocycles. The Bertz CT molecular complexity index is 588. The van der Waals surface area contributed by atoms with Crippen LogP contribution in [0.15, 0.2) is 18.2 Å². The highest BCUT2D eigenvalue weighted by molar-refractivity contribution is 7.92. The van der Waals surface area contributed by atoms with Crippen molar-refractivity contribution in [2.75, 3.05) is 23.4 Å². The lowest BCUT2D eigenvalue weighted by atomic mass is 10.00. The molecule has 120 valence electrons. The SMILES string of the molecule is COC(C)(C)CC(C)Nc1ccc(NS(C)(=O)=O)c(Cl)c1. The molecule has 1 aromatic carbocycles. The van der Waals surface area contributed by atoms with Crippen LogP contribution in [0.5, 0.6) is 0 Å². The van der Waals surface area contributed by atoms with Crippen molar-refractivity contribution in [3.05, 3.63) is 23.2 Å². The first-order chi connectivity index (χ1) is 9.52. The van der Waals surface area contributed by atoms with E-state index in [1.807, 2.05) is 13.8 Å². The second-order valence-electron chi connectivity index (χ2n) is 5.78. The summed E-state index contributed by atoms with van der Waals surface area (Å²) in [4.78, 5) is 0. The highest BCUT2D eigenvalue weighted by atomic mass is 35.5. The monoisotopic (exact) mass is 334 g/mol. The molecule has 1 atom stereocenters. The normalized spacial score (nSPS) is 13.8. The number of hydrogen-bond acceptors (Lipinski definition) is 4. The molecule has 0 bridgehead atoms. The molecule has 0 spiro atoms. The Morgan fingerprint density at radius 1 is 1.38 bits per heavy atom. The van der Waals surface area contributed by atoms with Crippen LogP contribution < -0.4 is 10.0 Å². The highest BCUT2D eigenvalue weighted by Crippen LogP contribution is 2.27. The van der Waals surface area contributed by atoms with Gasteiger partial charge in [0.1, 0.15) is 0 Å². The van der Waals surface area contributed by atoms with Gasteiger partial charge in [-0.15, -0.1) is 0 Å². The van der Waals surface area contributed by atoms with E-state index in [1.54, 1.807) is 25.3 Å². The zero-order chi connectivity index (χ0) is 16.3. The van der Waals surface area contributed by atoms with E-state index in [1.165, 1.54) is 0 Å². The molecule has 0 aromatic heterocycles. The molecule has 1 rings (SSSR count). The first-order valence-corrected chi connectivity index (χ1v) is 8.88. The molecule has 0 aliphatic heterocycles. The standard InChI is InChI=1S/C14H23ClN2O3S/c1-10(9-14(2,3)20-4)16-11-6-7-13(12(15)8-11)17-21(5,18)19/h6-8,10,16-17H,9H2,1-5H3. The van der Waals surface area contributed by atoms with Crippen LogP contribution in [0.1, 0.15) is 27.2 Å². The molecule has 5 nitrogen and oxygen atoms in total. The smallest absolute Gasteiger partial charge is 0.229 e. The molecular formula is C14H23ClN2O3S. The second-order valence-corrected chi connectivity index (χ2v) is 7.94. The summed E-state index contributed by atoms with van der Waals surface area (Å²) in [5.74, 6) is 0. The number of nitrogens with one attached hydrogen (secondary N) is 2. The number of sulfonamides is 1. The van der Waals surface area contributed by atoms with Gasteiger partial charge in [-0.3, -0.25) is 4.72 Å². The van der Waals surface area contributed by atoms with Crippen LogP contribution in [0.2, 0.25) is 5.02 Å². The number of anilines is 2. The van der Waals surface area contributed by atoms with Gasteiger partial charge in [0.05, 0.1) is 22.6 Å². The fraction of sp³-hybridized carbons (Fsp3) is 0.571. The number of halogens is 1. The molecule has 1 unspecified atom stereocenters. The third-order valence-electron chi connectivity index (χ3n) is 3.03. The van der Waals surface area contributed by atoms with Crippen LogP contribution in [0.3, 0.4) is 0 Å². The summed E-state index contributed by atoms with van der Waals surface area (Å²) in [5, 5.41) is 3.67. The summed E-state index contributed by atoms with van der Waals surface area (Å²) in [6, 6.07) is 5.31. The van der Waals surface area contributed by atoms with Crippen LogP contribution in [0, 0.1) is 0 Å². The van der Waals surface area contributed by atoms with Gasteiger partial charge in [-0.25, -0.2) is 8.42 Å². The van der Waals surface area contributed by atoms with E-state index in [9.17, 15) is 8.42 Å². The lowest BCUT2D eigenvalue weighted by Crippen LogP contribution is -2.31. The molecule has 0 aliphatic carbocycles. The Balaban J connectivity index is 2.76. The minimum Gasteiger partial charge on any atom is -0.382 e. The topological polar surface area (TPSA) is 67.4 Å². The summed E-state index contributed by atoms with van der Waals surface area (Å²) in [6.45, 7) is 6.10. The number of ether oxygens (including phenoxy) is 1. The quantitative estimate of drug-likeness (QED) is 0.802. The molecule has 21 heavy (non-hydrogen) atoms. The van der Waals surface area contributed by atoms with Crippen LogP contribution >= 0.6 is 11.6 Å². The first kappa shape index (κ1) is 18.1. The van der Waals surface area contributed by atoms with Gasteiger partial charge in [0.25, 0.3) is 0 Å². The molecular weight excluding hydrogens is 312 g/mol. The van der Waals surface area contributed by atoms with E-state index >= 15 is 0 Å². The van der Waals surface area contributed by atoms with Gasteiger partial charge in [0.2, 0.25) is 10.0 Å². The van der Waals surface area contributed by atoms with Crippen molar-refractivity contribution in [2.45, 2.75) is 38.8 Å². The van der Waals surface area contributed by atoms with Crippen molar-refractivity contribution in [1.82, 2.24) is 0 Å². The molecule has 2 N–H and O–H groups in total. The van der Waals surface area contributed by atoms with Gasteiger partial charge < -0.3 is 10.1 Å². The van der Waals surface area contributed by atoms with Crippen LogP contribution in [-0.4, -0.2) is 33.4 Å². The molecule has 0 radical (unpaired) electrons. The average Bonchev–Trinajstić information content (AvgIpc) is 2.30.